The van der Waals surface area contributed by atoms with Crippen molar-refractivity contribution in [2.24, 2.45) is 0 Å². The van der Waals surface area contributed by atoms with E-state index >= 15 is 0 Å². The zero-order valence-electron chi connectivity index (χ0n) is 19.9. The van der Waals surface area contributed by atoms with Crippen LogP contribution in [0, 0.1) is 13.8 Å². The van der Waals surface area contributed by atoms with Crippen molar-refractivity contribution in [3.63, 3.8) is 0 Å². The summed E-state index contributed by atoms with van der Waals surface area (Å²) in [5.74, 6) is 2.06. The number of anilines is 1. The Morgan fingerprint density at radius 2 is 1.67 bits per heavy atom. The molecule has 172 valence electrons. The molecule has 1 aliphatic rings. The van der Waals surface area contributed by atoms with E-state index in [1.807, 2.05) is 29.2 Å². The van der Waals surface area contributed by atoms with Gasteiger partial charge in [0.15, 0.2) is 12.4 Å². The Morgan fingerprint density at radius 1 is 0.939 bits per heavy atom. The first-order chi connectivity index (χ1) is 15.9. The van der Waals surface area contributed by atoms with Gasteiger partial charge < -0.3 is 14.5 Å². The van der Waals surface area contributed by atoms with E-state index in [0.29, 0.717) is 19.0 Å². The van der Waals surface area contributed by atoms with Crippen LogP contribution in [0.25, 0.3) is 11.3 Å². The molecule has 1 fully saturated rings. The molecule has 0 spiro atoms. The standard InChI is InChI=1S/C27H32N4O2/c1-19(2)22-6-8-23(9-7-22)33-18-27(32)31-15-13-30(14-16-31)26-12-11-25(28-29-26)24-10-5-20(3)17-21(24)4/h5-12,17,19H,13-16,18H2,1-4H3. The Bertz CT molecular complexity index is 1090. The lowest BCUT2D eigenvalue weighted by Gasteiger charge is -2.35. The Balaban J connectivity index is 1.28. The fourth-order valence-corrected chi connectivity index (χ4v) is 4.11. The molecule has 2 aromatic carbocycles. The van der Waals surface area contributed by atoms with Gasteiger partial charge in [-0.3, -0.25) is 4.79 Å². The number of benzene rings is 2. The van der Waals surface area contributed by atoms with Crippen LogP contribution in [0.4, 0.5) is 5.82 Å². The second-order valence-corrected chi connectivity index (χ2v) is 8.98. The second kappa shape index (κ2) is 10.0. The van der Waals surface area contributed by atoms with E-state index in [4.69, 9.17) is 4.74 Å². The maximum Gasteiger partial charge on any atom is 0.260 e. The molecule has 0 radical (unpaired) electrons. The summed E-state index contributed by atoms with van der Waals surface area (Å²) >= 11 is 0. The molecule has 0 unspecified atom stereocenters. The van der Waals surface area contributed by atoms with Gasteiger partial charge in [-0.05, 0) is 55.2 Å². The monoisotopic (exact) mass is 444 g/mol. The van der Waals surface area contributed by atoms with E-state index in [9.17, 15) is 4.79 Å². The minimum atomic E-state index is 0.0128. The van der Waals surface area contributed by atoms with Crippen molar-refractivity contribution < 1.29 is 9.53 Å². The number of carbonyl (C=O) groups is 1. The predicted octanol–water partition coefficient (Wildman–Crippen LogP) is 4.61. The number of rotatable bonds is 6. The third-order valence-electron chi connectivity index (χ3n) is 6.17. The molecule has 4 rings (SSSR count). The Kier molecular flexibility index (Phi) is 6.92. The lowest BCUT2D eigenvalue weighted by Crippen LogP contribution is -2.50. The molecule has 0 saturated carbocycles. The lowest BCUT2D eigenvalue weighted by molar-refractivity contribution is -0.133. The van der Waals surface area contributed by atoms with E-state index in [2.05, 4.69) is 73.1 Å². The summed E-state index contributed by atoms with van der Waals surface area (Å²) in [4.78, 5) is 16.6. The average molecular weight is 445 g/mol. The first-order valence-corrected chi connectivity index (χ1v) is 11.6. The maximum absolute atomic E-state index is 12.6. The fraction of sp³-hybridized carbons (Fsp3) is 0.370. The van der Waals surface area contributed by atoms with Crippen LogP contribution in [0.15, 0.2) is 54.6 Å². The fourth-order valence-electron chi connectivity index (χ4n) is 4.11. The van der Waals surface area contributed by atoms with E-state index in [1.165, 1.54) is 16.7 Å². The summed E-state index contributed by atoms with van der Waals surface area (Å²) < 4.78 is 5.71. The van der Waals surface area contributed by atoms with Gasteiger partial charge in [0, 0.05) is 31.7 Å². The normalized spacial score (nSPS) is 14.0. The van der Waals surface area contributed by atoms with Crippen molar-refractivity contribution >= 4 is 11.7 Å². The highest BCUT2D eigenvalue weighted by molar-refractivity contribution is 5.78. The Morgan fingerprint density at radius 3 is 2.27 bits per heavy atom. The molecule has 1 aromatic heterocycles. The van der Waals surface area contributed by atoms with E-state index < -0.39 is 0 Å². The second-order valence-electron chi connectivity index (χ2n) is 8.98. The summed E-state index contributed by atoms with van der Waals surface area (Å²) in [7, 11) is 0. The average Bonchev–Trinajstić information content (AvgIpc) is 2.83. The zero-order chi connectivity index (χ0) is 23.4. The molecule has 0 aliphatic carbocycles. The van der Waals surface area contributed by atoms with Crippen LogP contribution >= 0.6 is 0 Å². The largest absolute Gasteiger partial charge is 0.484 e. The molecule has 0 atom stereocenters. The van der Waals surface area contributed by atoms with Crippen LogP contribution in [0.1, 0.15) is 36.5 Å². The first-order valence-electron chi connectivity index (χ1n) is 11.6. The SMILES string of the molecule is Cc1ccc(-c2ccc(N3CCN(C(=O)COc4ccc(C(C)C)cc4)CC3)nn2)c(C)c1. The van der Waals surface area contributed by atoms with Gasteiger partial charge in [-0.15, -0.1) is 10.2 Å². The summed E-state index contributed by atoms with van der Waals surface area (Å²) in [6, 6.07) is 18.4. The van der Waals surface area contributed by atoms with Gasteiger partial charge in [0.2, 0.25) is 0 Å². The van der Waals surface area contributed by atoms with E-state index in [0.717, 1.165) is 35.9 Å². The number of nitrogens with zero attached hydrogens (tertiary/aromatic N) is 4. The smallest absolute Gasteiger partial charge is 0.260 e. The number of amides is 1. The summed E-state index contributed by atoms with van der Waals surface area (Å²) in [6.45, 7) is 11.3. The van der Waals surface area contributed by atoms with Crippen LogP contribution in [0.3, 0.4) is 0 Å². The Hall–Kier alpha value is -3.41. The number of ether oxygens (including phenoxy) is 1. The summed E-state index contributed by atoms with van der Waals surface area (Å²) in [5.41, 5.74) is 5.68. The molecule has 3 aromatic rings. The zero-order valence-corrected chi connectivity index (χ0v) is 19.9. The first kappa shape index (κ1) is 22.8. The lowest BCUT2D eigenvalue weighted by atomic mass is 10.0. The number of carbonyl (C=O) groups excluding carboxylic acids is 1. The van der Waals surface area contributed by atoms with Crippen LogP contribution < -0.4 is 9.64 Å². The summed E-state index contributed by atoms with van der Waals surface area (Å²) in [6.07, 6.45) is 0. The van der Waals surface area contributed by atoms with Crippen LogP contribution in [-0.2, 0) is 4.79 Å². The van der Waals surface area contributed by atoms with Gasteiger partial charge in [0.05, 0.1) is 5.69 Å². The third-order valence-corrected chi connectivity index (χ3v) is 6.17. The molecule has 0 N–H and O–H groups in total. The molecule has 6 heteroatoms. The molecule has 33 heavy (non-hydrogen) atoms. The van der Waals surface area contributed by atoms with E-state index in [1.54, 1.807) is 0 Å². The molecule has 0 bridgehead atoms. The predicted molar refractivity (Wildman–Crippen MR) is 132 cm³/mol. The highest BCUT2D eigenvalue weighted by Gasteiger charge is 2.22. The van der Waals surface area contributed by atoms with Crippen molar-refractivity contribution in [3.8, 4) is 17.0 Å². The third kappa shape index (κ3) is 5.51. The minimum Gasteiger partial charge on any atom is -0.484 e. The molecular formula is C27H32N4O2. The number of aryl methyl sites for hydroxylation is 2. The van der Waals surface area contributed by atoms with Crippen molar-refractivity contribution in [1.82, 2.24) is 15.1 Å². The Labute approximate surface area is 196 Å². The van der Waals surface area contributed by atoms with Crippen LogP contribution in [0.5, 0.6) is 5.75 Å². The number of piperazine rings is 1. The molecule has 1 saturated heterocycles. The van der Waals surface area contributed by atoms with Gasteiger partial charge in [-0.25, -0.2) is 0 Å². The van der Waals surface area contributed by atoms with Gasteiger partial charge in [0.1, 0.15) is 5.75 Å². The highest BCUT2D eigenvalue weighted by Crippen LogP contribution is 2.24. The maximum atomic E-state index is 12.6. The summed E-state index contributed by atoms with van der Waals surface area (Å²) in [5, 5.41) is 8.91. The minimum absolute atomic E-state index is 0.0128. The molecule has 1 amide bonds. The van der Waals surface area contributed by atoms with Gasteiger partial charge in [-0.1, -0.05) is 49.7 Å². The van der Waals surface area contributed by atoms with E-state index in [-0.39, 0.29) is 12.5 Å². The van der Waals surface area contributed by atoms with Crippen LogP contribution in [-0.4, -0.2) is 53.8 Å². The molecule has 6 nitrogen and oxygen atoms in total. The topological polar surface area (TPSA) is 58.6 Å². The van der Waals surface area contributed by atoms with Crippen molar-refractivity contribution in [2.45, 2.75) is 33.6 Å². The van der Waals surface area contributed by atoms with Crippen molar-refractivity contribution in [2.75, 3.05) is 37.7 Å². The van der Waals surface area contributed by atoms with Gasteiger partial charge in [-0.2, -0.15) is 0 Å². The highest BCUT2D eigenvalue weighted by atomic mass is 16.5. The molecule has 1 aliphatic heterocycles. The molecule has 2 heterocycles. The van der Waals surface area contributed by atoms with Crippen molar-refractivity contribution in [3.05, 3.63) is 71.3 Å². The van der Waals surface area contributed by atoms with Crippen LogP contribution in [0.2, 0.25) is 0 Å². The quantitative estimate of drug-likeness (QED) is 0.556. The van der Waals surface area contributed by atoms with Gasteiger partial charge >= 0.3 is 0 Å². The van der Waals surface area contributed by atoms with Gasteiger partial charge in [0.25, 0.3) is 5.91 Å². The number of aromatic nitrogens is 2. The van der Waals surface area contributed by atoms with Crippen molar-refractivity contribution in [1.29, 1.82) is 0 Å². The molecular weight excluding hydrogens is 412 g/mol. The number of hydrogen-bond acceptors (Lipinski definition) is 5. The number of hydrogen-bond donors (Lipinski definition) is 0.